The van der Waals surface area contributed by atoms with Crippen LogP contribution in [-0.4, -0.2) is 5.78 Å². The SMILES string of the molecule is CCC(=O)[C]1[CH][CH][CH][CH]1.[Br-].[CH]1[CH][CH][CH][CH]1.[Fe+2].[Fe+3]. The minimum atomic E-state index is 0. The summed E-state index contributed by atoms with van der Waals surface area (Å²) in [5.74, 6) is 1.05. The summed E-state index contributed by atoms with van der Waals surface area (Å²) in [7, 11) is 0. The number of hydrogen-bond acceptors (Lipinski definition) is 1. The molecule has 17 heavy (non-hydrogen) atoms. The van der Waals surface area contributed by atoms with Gasteiger partial charge in [-0.3, -0.25) is 4.79 Å². The van der Waals surface area contributed by atoms with Crippen LogP contribution < -0.4 is 17.0 Å². The van der Waals surface area contributed by atoms with Crippen molar-refractivity contribution < 1.29 is 55.9 Å². The van der Waals surface area contributed by atoms with Gasteiger partial charge in [0, 0.05) is 12.3 Å². The van der Waals surface area contributed by atoms with Gasteiger partial charge in [0.1, 0.15) is 5.78 Å². The average Bonchev–Trinajstić information content (AvgIpc) is 2.91. The summed E-state index contributed by atoms with van der Waals surface area (Å²) in [6.45, 7) is 1.87. The molecule has 0 aromatic rings. The molecule has 0 bridgehead atoms. The quantitative estimate of drug-likeness (QED) is 0.587. The number of hydrogen-bond donors (Lipinski definition) is 0. The summed E-state index contributed by atoms with van der Waals surface area (Å²) in [4.78, 5) is 10.9. The number of rotatable bonds is 2. The van der Waals surface area contributed by atoms with E-state index in [1.807, 2.05) is 64.7 Å². The Kier molecular flexibility index (Phi) is 20.9. The van der Waals surface area contributed by atoms with Crippen LogP contribution in [-0.2, 0) is 38.9 Å². The minimum Gasteiger partial charge on any atom is -1.00 e. The molecular weight excluding hydrogens is 364 g/mol. The van der Waals surface area contributed by atoms with Crippen LogP contribution in [0.15, 0.2) is 0 Å². The maximum atomic E-state index is 10.9. The zero-order valence-electron chi connectivity index (χ0n) is 9.40. The predicted octanol–water partition coefficient (Wildman–Crippen LogP) is -0.609. The van der Waals surface area contributed by atoms with E-state index in [-0.39, 0.29) is 56.9 Å². The summed E-state index contributed by atoms with van der Waals surface area (Å²) < 4.78 is 0. The Bertz CT molecular complexity index is 159. The molecule has 2 fully saturated rings. The summed E-state index contributed by atoms with van der Waals surface area (Å²) in [5, 5.41) is 0. The fourth-order valence-electron chi connectivity index (χ4n) is 1.08. The molecule has 2 saturated carbocycles. The van der Waals surface area contributed by atoms with Crippen molar-refractivity contribution >= 4 is 5.78 Å². The number of ketones is 1. The monoisotopic (exact) mass is 377 g/mol. The third-order valence-electron chi connectivity index (χ3n) is 1.86. The van der Waals surface area contributed by atoms with Gasteiger partial charge in [-0.15, -0.1) is 0 Å². The summed E-state index contributed by atoms with van der Waals surface area (Å²) in [6, 6.07) is 0. The van der Waals surface area contributed by atoms with Crippen LogP contribution in [0.25, 0.3) is 0 Å². The van der Waals surface area contributed by atoms with Crippen molar-refractivity contribution in [3.8, 4) is 0 Å². The van der Waals surface area contributed by atoms with Crippen molar-refractivity contribution in [2.75, 3.05) is 0 Å². The minimum absolute atomic E-state index is 0. The first-order valence-electron chi connectivity index (χ1n) is 4.76. The van der Waals surface area contributed by atoms with E-state index in [1.54, 1.807) is 0 Å². The van der Waals surface area contributed by atoms with Crippen molar-refractivity contribution in [3.63, 3.8) is 0 Å². The summed E-state index contributed by atoms with van der Waals surface area (Å²) in [6.07, 6.45) is 18.0. The molecule has 0 aromatic heterocycles. The first-order valence-corrected chi connectivity index (χ1v) is 4.76. The molecule has 0 aliphatic heterocycles. The van der Waals surface area contributed by atoms with Crippen molar-refractivity contribution in [2.45, 2.75) is 13.3 Å². The van der Waals surface area contributed by atoms with E-state index in [0.29, 0.717) is 6.42 Å². The van der Waals surface area contributed by atoms with Crippen molar-refractivity contribution in [2.24, 2.45) is 0 Å². The standard InChI is InChI=1S/C8H9O.C5H5.BrH.2Fe/c1-2-8(9)7-5-3-4-6-7;1-2-4-5-3-1;;;/h3-6H,2H2,1H3;1-5H;1H;;/q;;;+2;+3/p-1. The Morgan fingerprint density at radius 1 is 0.941 bits per heavy atom. The molecule has 2 rings (SSSR count). The molecule has 0 N–H and O–H groups in total. The van der Waals surface area contributed by atoms with E-state index in [9.17, 15) is 4.79 Å². The molecule has 2 aliphatic carbocycles. The summed E-state index contributed by atoms with van der Waals surface area (Å²) in [5.41, 5.74) is 0. The van der Waals surface area contributed by atoms with Gasteiger partial charge < -0.3 is 17.0 Å². The van der Waals surface area contributed by atoms with Crippen LogP contribution in [0.5, 0.6) is 0 Å². The molecule has 0 atom stereocenters. The van der Waals surface area contributed by atoms with Crippen molar-refractivity contribution in [1.29, 1.82) is 0 Å². The van der Waals surface area contributed by atoms with E-state index in [0.717, 1.165) is 5.92 Å². The van der Waals surface area contributed by atoms with Gasteiger partial charge in [0.15, 0.2) is 0 Å². The van der Waals surface area contributed by atoms with E-state index < -0.39 is 0 Å². The molecule has 1 nitrogen and oxygen atoms in total. The third-order valence-corrected chi connectivity index (χ3v) is 1.86. The molecule has 0 saturated heterocycles. The molecule has 0 aromatic carbocycles. The molecule has 2 aliphatic rings. The van der Waals surface area contributed by atoms with Gasteiger partial charge in [0.2, 0.25) is 0 Å². The normalized spacial score (nSPS) is 17.9. The first-order chi connectivity index (χ1) is 6.84. The molecule has 4 heteroatoms. The Labute approximate surface area is 138 Å². The molecular formula is C13H14BrFe2O+4. The second-order valence-electron chi connectivity index (χ2n) is 2.91. The summed E-state index contributed by atoms with van der Waals surface area (Å²) >= 11 is 0. The maximum absolute atomic E-state index is 10.9. The first kappa shape index (κ1) is 23.3. The second-order valence-corrected chi connectivity index (χ2v) is 2.91. The van der Waals surface area contributed by atoms with Gasteiger partial charge in [-0.25, -0.2) is 0 Å². The van der Waals surface area contributed by atoms with E-state index in [1.165, 1.54) is 0 Å². The fourth-order valence-corrected chi connectivity index (χ4v) is 1.08. The van der Waals surface area contributed by atoms with E-state index in [4.69, 9.17) is 0 Å². The van der Waals surface area contributed by atoms with Gasteiger partial charge in [0.05, 0.1) is 0 Å². The molecule has 11 radical (unpaired) electrons. The van der Waals surface area contributed by atoms with E-state index >= 15 is 0 Å². The van der Waals surface area contributed by atoms with Gasteiger partial charge in [0.25, 0.3) is 0 Å². The van der Waals surface area contributed by atoms with Crippen molar-refractivity contribution in [1.82, 2.24) is 0 Å². The average molecular weight is 378 g/mol. The van der Waals surface area contributed by atoms with Crippen LogP contribution in [0.2, 0.25) is 0 Å². The van der Waals surface area contributed by atoms with Crippen LogP contribution >= 0.6 is 0 Å². The molecule has 0 spiro atoms. The Hall–Kier alpha value is 1.19. The van der Waals surface area contributed by atoms with Gasteiger partial charge in [-0.1, -0.05) is 6.92 Å². The Morgan fingerprint density at radius 3 is 1.59 bits per heavy atom. The predicted molar refractivity (Wildman–Crippen MR) is 57.2 cm³/mol. The van der Waals surface area contributed by atoms with E-state index in [2.05, 4.69) is 0 Å². The Morgan fingerprint density at radius 2 is 1.29 bits per heavy atom. The van der Waals surface area contributed by atoms with Gasteiger partial charge >= 0.3 is 34.1 Å². The number of carbonyl (C=O) groups excluding carboxylic acids is 1. The topological polar surface area (TPSA) is 17.1 Å². The van der Waals surface area contributed by atoms with Crippen LogP contribution in [0.4, 0.5) is 0 Å². The van der Waals surface area contributed by atoms with Crippen LogP contribution in [0, 0.1) is 63.7 Å². The Balaban J connectivity index is -0.000000216. The van der Waals surface area contributed by atoms with Gasteiger partial charge in [-0.05, 0) is 57.8 Å². The largest absolute Gasteiger partial charge is 3.00 e. The maximum Gasteiger partial charge on any atom is 3.00 e. The molecule has 0 amide bonds. The van der Waals surface area contributed by atoms with Crippen molar-refractivity contribution in [3.05, 3.63) is 63.7 Å². The van der Waals surface area contributed by atoms with Gasteiger partial charge in [-0.2, -0.15) is 0 Å². The number of carbonyl (C=O) groups is 1. The smallest absolute Gasteiger partial charge is 1.00 e. The molecule has 0 heterocycles. The van der Waals surface area contributed by atoms with Crippen LogP contribution in [0.3, 0.4) is 0 Å². The van der Waals surface area contributed by atoms with Crippen LogP contribution in [0.1, 0.15) is 13.3 Å². The zero-order valence-corrected chi connectivity index (χ0v) is 13.2. The molecule has 0 unspecified atom stereocenters. The number of Topliss-reactive ketones (excluding diaryl/α,β-unsaturated/α-hetero) is 1. The zero-order chi connectivity index (χ0) is 10.2. The molecule has 91 valence electrons. The fraction of sp³-hybridized carbons (Fsp3) is 0.154. The number of halogens is 1. The second kappa shape index (κ2) is 15.2. The third kappa shape index (κ3) is 10.8.